The number of benzene rings is 1. The number of hydrogen-bond acceptors (Lipinski definition) is 5. The molecule has 1 rings (SSSR count). The quantitative estimate of drug-likeness (QED) is 0.790. The van der Waals surface area contributed by atoms with Crippen molar-refractivity contribution in [3.05, 3.63) is 29.8 Å². The summed E-state index contributed by atoms with van der Waals surface area (Å²) in [7, 11) is -1.94. The number of rotatable bonds is 6. The second-order valence-electron chi connectivity index (χ2n) is 5.60. The highest BCUT2D eigenvalue weighted by molar-refractivity contribution is 7.92. The van der Waals surface area contributed by atoms with Crippen molar-refractivity contribution >= 4 is 27.6 Å². The summed E-state index contributed by atoms with van der Waals surface area (Å²) in [4.78, 5) is 25.8. The number of sulfonamides is 1. The van der Waals surface area contributed by atoms with Crippen LogP contribution in [0.4, 0.5) is 5.69 Å². The SMILES string of the molecule is CCOC(=O)C(C)(C)N(C)C(=O)c1cccc(NS(C)(=O)=O)c1. The van der Waals surface area contributed by atoms with Gasteiger partial charge in [0.1, 0.15) is 5.54 Å². The van der Waals surface area contributed by atoms with Gasteiger partial charge in [-0.2, -0.15) is 0 Å². The summed E-state index contributed by atoms with van der Waals surface area (Å²) in [6, 6.07) is 6.06. The number of esters is 1. The largest absolute Gasteiger partial charge is 0.464 e. The minimum absolute atomic E-state index is 0.220. The number of amides is 1. The van der Waals surface area contributed by atoms with Gasteiger partial charge in [-0.05, 0) is 39.0 Å². The van der Waals surface area contributed by atoms with E-state index in [9.17, 15) is 18.0 Å². The van der Waals surface area contributed by atoms with Crippen molar-refractivity contribution in [1.29, 1.82) is 0 Å². The first-order valence-electron chi connectivity index (χ1n) is 7.02. The molecule has 7 nitrogen and oxygen atoms in total. The topological polar surface area (TPSA) is 92.8 Å². The van der Waals surface area contributed by atoms with Crippen LogP contribution in [0.15, 0.2) is 24.3 Å². The molecule has 0 saturated carbocycles. The minimum atomic E-state index is -3.44. The first kappa shape index (κ1) is 19.0. The zero-order valence-electron chi connectivity index (χ0n) is 13.9. The number of nitrogens with one attached hydrogen (secondary N) is 1. The van der Waals surface area contributed by atoms with Crippen molar-refractivity contribution in [2.45, 2.75) is 26.3 Å². The van der Waals surface area contributed by atoms with E-state index < -0.39 is 27.4 Å². The van der Waals surface area contributed by atoms with Gasteiger partial charge in [-0.25, -0.2) is 13.2 Å². The van der Waals surface area contributed by atoms with Crippen LogP contribution in [0.5, 0.6) is 0 Å². The van der Waals surface area contributed by atoms with E-state index in [0.717, 1.165) is 6.26 Å². The number of nitrogens with zero attached hydrogens (tertiary/aromatic N) is 1. The van der Waals surface area contributed by atoms with Crippen molar-refractivity contribution in [1.82, 2.24) is 4.90 Å². The molecule has 0 fully saturated rings. The average Bonchev–Trinajstić information content (AvgIpc) is 2.44. The lowest BCUT2D eigenvalue weighted by molar-refractivity contribution is -0.153. The van der Waals surface area contributed by atoms with Gasteiger partial charge in [0.15, 0.2) is 0 Å². The monoisotopic (exact) mass is 342 g/mol. The number of carbonyl (C=O) groups excluding carboxylic acids is 2. The molecule has 0 unspecified atom stereocenters. The lowest BCUT2D eigenvalue weighted by Crippen LogP contribution is -2.51. The lowest BCUT2D eigenvalue weighted by Gasteiger charge is -2.33. The molecule has 1 amide bonds. The van der Waals surface area contributed by atoms with Crippen LogP contribution in [0.2, 0.25) is 0 Å². The van der Waals surface area contributed by atoms with Crippen LogP contribution in [0.1, 0.15) is 31.1 Å². The Kier molecular flexibility index (Phi) is 5.76. The van der Waals surface area contributed by atoms with Gasteiger partial charge in [-0.3, -0.25) is 9.52 Å². The first-order valence-corrected chi connectivity index (χ1v) is 8.91. The fraction of sp³-hybridized carbons (Fsp3) is 0.467. The molecule has 8 heteroatoms. The van der Waals surface area contributed by atoms with Crippen molar-refractivity contribution < 1.29 is 22.7 Å². The molecule has 1 aromatic carbocycles. The number of anilines is 1. The fourth-order valence-corrected chi connectivity index (χ4v) is 2.38. The molecule has 23 heavy (non-hydrogen) atoms. The van der Waals surface area contributed by atoms with Gasteiger partial charge in [0, 0.05) is 18.3 Å². The fourth-order valence-electron chi connectivity index (χ4n) is 1.82. The van der Waals surface area contributed by atoms with Gasteiger partial charge in [0.25, 0.3) is 5.91 Å². The van der Waals surface area contributed by atoms with E-state index >= 15 is 0 Å². The van der Waals surface area contributed by atoms with E-state index in [-0.39, 0.29) is 17.9 Å². The highest BCUT2D eigenvalue weighted by atomic mass is 32.2. The summed E-state index contributed by atoms with van der Waals surface area (Å²) >= 11 is 0. The molecule has 0 saturated heterocycles. The summed E-state index contributed by atoms with van der Waals surface area (Å²) in [5, 5.41) is 0. The second kappa shape index (κ2) is 6.99. The van der Waals surface area contributed by atoms with Crippen LogP contribution < -0.4 is 4.72 Å². The normalized spacial score (nSPS) is 11.7. The second-order valence-corrected chi connectivity index (χ2v) is 7.35. The Morgan fingerprint density at radius 1 is 1.30 bits per heavy atom. The first-order chi connectivity index (χ1) is 10.5. The van der Waals surface area contributed by atoms with Crippen molar-refractivity contribution in [2.75, 3.05) is 24.6 Å². The standard InChI is InChI=1S/C15H22N2O5S/c1-6-22-14(19)15(2,3)17(4)13(18)11-8-7-9-12(10-11)16-23(5,20)21/h7-10,16H,6H2,1-5H3. The maximum Gasteiger partial charge on any atom is 0.331 e. The predicted octanol–water partition coefficient (Wildman–Crippen LogP) is 1.47. The molecule has 0 radical (unpaired) electrons. The lowest BCUT2D eigenvalue weighted by atomic mass is 10.0. The molecule has 0 bridgehead atoms. The highest BCUT2D eigenvalue weighted by Crippen LogP contribution is 2.20. The summed E-state index contributed by atoms with van der Waals surface area (Å²) in [5.41, 5.74) is -0.605. The zero-order valence-corrected chi connectivity index (χ0v) is 14.7. The van der Waals surface area contributed by atoms with Gasteiger partial charge in [0.05, 0.1) is 12.9 Å². The molecule has 1 aromatic rings. The molecule has 0 aliphatic heterocycles. The molecule has 0 heterocycles. The Morgan fingerprint density at radius 2 is 1.91 bits per heavy atom. The summed E-state index contributed by atoms with van der Waals surface area (Å²) in [6.45, 7) is 5.08. The molecular weight excluding hydrogens is 320 g/mol. The third-order valence-electron chi connectivity index (χ3n) is 3.33. The number of carbonyl (C=O) groups is 2. The molecule has 0 aliphatic carbocycles. The maximum atomic E-state index is 12.6. The van der Waals surface area contributed by atoms with Gasteiger partial charge >= 0.3 is 5.97 Å². The van der Waals surface area contributed by atoms with Gasteiger partial charge in [-0.1, -0.05) is 6.07 Å². The minimum Gasteiger partial charge on any atom is -0.464 e. The van der Waals surface area contributed by atoms with Crippen LogP contribution >= 0.6 is 0 Å². The van der Waals surface area contributed by atoms with Crippen LogP contribution in [0, 0.1) is 0 Å². The third kappa shape index (κ3) is 4.95. The van der Waals surface area contributed by atoms with E-state index in [1.165, 1.54) is 24.1 Å². The van der Waals surface area contributed by atoms with Crippen LogP contribution in [0.3, 0.4) is 0 Å². The molecule has 0 spiro atoms. The van der Waals surface area contributed by atoms with Gasteiger partial charge in [0.2, 0.25) is 10.0 Å². The Bertz CT molecular complexity index is 698. The molecule has 0 atom stereocenters. The van der Waals surface area contributed by atoms with E-state index in [1.54, 1.807) is 32.9 Å². The van der Waals surface area contributed by atoms with Crippen LogP contribution in [-0.2, 0) is 19.6 Å². The third-order valence-corrected chi connectivity index (χ3v) is 3.94. The van der Waals surface area contributed by atoms with Crippen LogP contribution in [-0.4, -0.2) is 50.6 Å². The van der Waals surface area contributed by atoms with Gasteiger partial charge in [-0.15, -0.1) is 0 Å². The number of likely N-dealkylation sites (N-methyl/N-ethyl adjacent to an activating group) is 1. The van der Waals surface area contributed by atoms with Crippen molar-refractivity contribution in [3.8, 4) is 0 Å². The molecule has 128 valence electrons. The Hall–Kier alpha value is -2.09. The molecule has 0 aromatic heterocycles. The van der Waals surface area contributed by atoms with E-state index in [0.29, 0.717) is 0 Å². The van der Waals surface area contributed by atoms with Crippen molar-refractivity contribution in [2.24, 2.45) is 0 Å². The summed E-state index contributed by atoms with van der Waals surface area (Å²) in [5.74, 6) is -0.929. The maximum absolute atomic E-state index is 12.6. The zero-order chi connectivity index (χ0) is 17.8. The smallest absolute Gasteiger partial charge is 0.331 e. The molecule has 0 aliphatic rings. The molecule has 1 N–H and O–H groups in total. The number of ether oxygens (including phenoxy) is 1. The predicted molar refractivity (Wildman–Crippen MR) is 87.7 cm³/mol. The average molecular weight is 342 g/mol. The summed E-state index contributed by atoms with van der Waals surface area (Å²) in [6.07, 6.45) is 1.03. The van der Waals surface area contributed by atoms with Crippen LogP contribution in [0.25, 0.3) is 0 Å². The molecular formula is C15H22N2O5S. The van der Waals surface area contributed by atoms with E-state index in [4.69, 9.17) is 4.74 Å². The Morgan fingerprint density at radius 3 is 2.43 bits per heavy atom. The van der Waals surface area contributed by atoms with Crippen molar-refractivity contribution in [3.63, 3.8) is 0 Å². The highest BCUT2D eigenvalue weighted by Gasteiger charge is 2.37. The van der Waals surface area contributed by atoms with E-state index in [1.807, 2.05) is 0 Å². The number of hydrogen-bond donors (Lipinski definition) is 1. The van der Waals surface area contributed by atoms with Gasteiger partial charge < -0.3 is 9.64 Å². The van der Waals surface area contributed by atoms with E-state index in [2.05, 4.69) is 4.72 Å². The Balaban J connectivity index is 3.05. The Labute approximate surface area is 136 Å². The summed E-state index contributed by atoms with van der Waals surface area (Å²) < 4.78 is 29.8.